The molecule has 0 fully saturated rings. The first kappa shape index (κ1) is 13.4. The van der Waals surface area contributed by atoms with E-state index in [1.165, 1.54) is 5.01 Å². The quantitative estimate of drug-likeness (QED) is 0.188. The monoisotopic (exact) mass is 240 g/mol. The van der Waals surface area contributed by atoms with Crippen LogP contribution in [-0.4, -0.2) is 35.0 Å². The van der Waals surface area contributed by atoms with Crippen LogP contribution in [0.15, 0.2) is 16.5 Å². The maximum absolute atomic E-state index is 8.74. The van der Waals surface area contributed by atoms with E-state index in [0.29, 0.717) is 12.2 Å². The Balaban J connectivity index is 0.000000336. The van der Waals surface area contributed by atoms with Crippen molar-refractivity contribution in [3.05, 3.63) is 11.5 Å². The molecule has 1 rings (SSSR count). The number of hydrazine groups is 1. The molecular formula is C4H12N6O4S. The minimum Gasteiger partial charge on any atom is -0.398 e. The summed E-state index contributed by atoms with van der Waals surface area (Å²) >= 11 is 0. The summed E-state index contributed by atoms with van der Waals surface area (Å²) in [5.74, 6) is 5.77. The van der Waals surface area contributed by atoms with Gasteiger partial charge in [-0.25, -0.2) is 5.84 Å². The van der Waals surface area contributed by atoms with E-state index in [9.17, 15) is 0 Å². The molecular weight excluding hydrogens is 228 g/mol. The SMILES string of the molecule is NC1=NC(N)=C(N)CN1N.O=S(=O)(O)O. The van der Waals surface area contributed by atoms with Gasteiger partial charge in [-0.2, -0.15) is 13.4 Å². The molecule has 0 aromatic heterocycles. The van der Waals surface area contributed by atoms with Crippen molar-refractivity contribution in [2.75, 3.05) is 6.54 Å². The number of nitrogens with zero attached hydrogens (tertiary/aromatic N) is 2. The first-order valence-electron chi connectivity index (χ1n) is 3.41. The third-order valence-corrected chi connectivity index (χ3v) is 1.20. The smallest absolute Gasteiger partial charge is 0.394 e. The standard InChI is InChI=1S/C4H10N6.H2O4S/c5-2-1-10(8)4(7)9-3(2)6;1-5(2,3)4/h1,5-6,8H2,(H2,7,9);(H2,1,2,3,4). The molecule has 0 aromatic rings. The molecule has 88 valence electrons. The number of nitrogens with two attached hydrogens (primary N) is 4. The highest BCUT2D eigenvalue weighted by atomic mass is 32.3. The van der Waals surface area contributed by atoms with Crippen molar-refractivity contribution < 1.29 is 17.5 Å². The minimum absolute atomic E-state index is 0.187. The summed E-state index contributed by atoms with van der Waals surface area (Å²) in [4.78, 5) is 3.67. The van der Waals surface area contributed by atoms with E-state index in [4.69, 9.17) is 40.6 Å². The molecule has 15 heavy (non-hydrogen) atoms. The van der Waals surface area contributed by atoms with Crippen LogP contribution < -0.4 is 23.0 Å². The summed E-state index contributed by atoms with van der Waals surface area (Å²) in [6.07, 6.45) is 0. The summed E-state index contributed by atoms with van der Waals surface area (Å²) < 4.78 is 31.6. The zero-order valence-corrected chi connectivity index (χ0v) is 8.35. The van der Waals surface area contributed by atoms with Gasteiger partial charge in [0.15, 0.2) is 0 Å². The molecule has 0 aliphatic carbocycles. The van der Waals surface area contributed by atoms with Crippen LogP contribution in [0.2, 0.25) is 0 Å². The van der Waals surface area contributed by atoms with Crippen molar-refractivity contribution in [1.29, 1.82) is 0 Å². The summed E-state index contributed by atoms with van der Waals surface area (Å²) in [5, 5.41) is 1.23. The fourth-order valence-corrected chi connectivity index (χ4v) is 0.605. The van der Waals surface area contributed by atoms with Crippen molar-refractivity contribution in [1.82, 2.24) is 5.01 Å². The summed E-state index contributed by atoms with van der Waals surface area (Å²) in [6.45, 7) is 0.334. The molecule has 0 saturated heterocycles. The Morgan fingerprint density at radius 1 is 1.27 bits per heavy atom. The van der Waals surface area contributed by atoms with Crippen molar-refractivity contribution in [2.24, 2.45) is 28.0 Å². The van der Waals surface area contributed by atoms with E-state index in [0.717, 1.165) is 0 Å². The lowest BCUT2D eigenvalue weighted by Crippen LogP contribution is -2.47. The van der Waals surface area contributed by atoms with Crippen molar-refractivity contribution in [2.45, 2.75) is 0 Å². The molecule has 0 radical (unpaired) electrons. The Hall–Kier alpha value is -1.56. The van der Waals surface area contributed by atoms with E-state index < -0.39 is 10.4 Å². The molecule has 0 aromatic carbocycles. The zero-order valence-electron chi connectivity index (χ0n) is 7.53. The third-order valence-electron chi connectivity index (χ3n) is 1.20. The molecule has 1 aliphatic rings. The lowest BCUT2D eigenvalue weighted by molar-refractivity contribution is 0.381. The Morgan fingerprint density at radius 2 is 1.67 bits per heavy atom. The van der Waals surface area contributed by atoms with Crippen molar-refractivity contribution in [3.8, 4) is 0 Å². The Kier molecular flexibility index (Phi) is 4.29. The zero-order chi connectivity index (χ0) is 12.2. The van der Waals surface area contributed by atoms with E-state index >= 15 is 0 Å². The number of guanidine groups is 1. The molecule has 0 saturated carbocycles. The summed E-state index contributed by atoms with van der Waals surface area (Å²) in [7, 11) is -4.67. The lowest BCUT2D eigenvalue weighted by atomic mass is 10.4. The highest BCUT2D eigenvalue weighted by Gasteiger charge is 2.12. The second-order valence-electron chi connectivity index (χ2n) is 2.46. The summed E-state index contributed by atoms with van der Waals surface area (Å²) in [5.41, 5.74) is 16.5. The maximum atomic E-state index is 8.74. The molecule has 1 heterocycles. The summed E-state index contributed by atoms with van der Waals surface area (Å²) in [6, 6.07) is 0. The molecule has 0 bridgehead atoms. The Bertz CT molecular complexity index is 378. The van der Waals surface area contributed by atoms with Crippen molar-refractivity contribution >= 4 is 16.4 Å². The second-order valence-corrected chi connectivity index (χ2v) is 3.35. The fourth-order valence-electron chi connectivity index (χ4n) is 0.605. The molecule has 0 atom stereocenters. The fraction of sp³-hybridized carbons (Fsp3) is 0.250. The number of aliphatic imine (C=N–C) groups is 1. The van der Waals surface area contributed by atoms with Crippen LogP contribution in [0.25, 0.3) is 0 Å². The van der Waals surface area contributed by atoms with E-state index in [-0.39, 0.29) is 11.8 Å². The molecule has 10 nitrogen and oxygen atoms in total. The van der Waals surface area contributed by atoms with Gasteiger partial charge in [0.05, 0.1) is 12.2 Å². The van der Waals surface area contributed by atoms with Crippen LogP contribution in [-0.2, 0) is 10.4 Å². The van der Waals surface area contributed by atoms with Crippen LogP contribution in [0.1, 0.15) is 0 Å². The molecule has 11 heteroatoms. The van der Waals surface area contributed by atoms with Gasteiger partial charge >= 0.3 is 10.4 Å². The largest absolute Gasteiger partial charge is 0.398 e. The normalized spacial score (nSPS) is 16.7. The Labute approximate surface area is 85.8 Å². The maximum Gasteiger partial charge on any atom is 0.394 e. The van der Waals surface area contributed by atoms with Gasteiger partial charge in [-0.05, 0) is 0 Å². The number of hydrogen-bond acceptors (Lipinski definition) is 8. The van der Waals surface area contributed by atoms with Crippen LogP contribution in [0.4, 0.5) is 0 Å². The second kappa shape index (κ2) is 4.79. The van der Waals surface area contributed by atoms with Gasteiger partial charge in [0, 0.05) is 0 Å². The first-order valence-corrected chi connectivity index (χ1v) is 4.81. The Morgan fingerprint density at radius 3 is 2.00 bits per heavy atom. The average Bonchev–Trinajstić information content (AvgIpc) is 1.98. The minimum atomic E-state index is -4.67. The van der Waals surface area contributed by atoms with Crippen LogP contribution >= 0.6 is 0 Å². The lowest BCUT2D eigenvalue weighted by Gasteiger charge is -2.21. The van der Waals surface area contributed by atoms with E-state index in [1.807, 2.05) is 0 Å². The predicted octanol–water partition coefficient (Wildman–Crippen LogP) is -3.08. The van der Waals surface area contributed by atoms with E-state index in [2.05, 4.69) is 4.99 Å². The highest BCUT2D eigenvalue weighted by molar-refractivity contribution is 7.79. The third kappa shape index (κ3) is 6.50. The van der Waals surface area contributed by atoms with Gasteiger partial charge in [-0.1, -0.05) is 0 Å². The number of hydrogen-bond donors (Lipinski definition) is 6. The average molecular weight is 240 g/mol. The van der Waals surface area contributed by atoms with Crippen LogP contribution in [0.3, 0.4) is 0 Å². The van der Waals surface area contributed by atoms with Gasteiger partial charge in [0.25, 0.3) is 0 Å². The predicted molar refractivity (Wildman–Crippen MR) is 52.1 cm³/mol. The van der Waals surface area contributed by atoms with Crippen LogP contribution in [0, 0.1) is 0 Å². The molecule has 0 spiro atoms. The topological polar surface area (TPSA) is 194 Å². The van der Waals surface area contributed by atoms with Crippen molar-refractivity contribution in [3.63, 3.8) is 0 Å². The molecule has 10 N–H and O–H groups in total. The van der Waals surface area contributed by atoms with Gasteiger partial charge in [-0.15, -0.1) is 0 Å². The highest BCUT2D eigenvalue weighted by Crippen LogP contribution is 2.00. The first-order chi connectivity index (χ1) is 6.61. The molecule has 0 amide bonds. The van der Waals surface area contributed by atoms with Gasteiger partial charge < -0.3 is 17.2 Å². The number of rotatable bonds is 0. The molecule has 1 aliphatic heterocycles. The van der Waals surface area contributed by atoms with Gasteiger partial charge in [-0.3, -0.25) is 14.1 Å². The van der Waals surface area contributed by atoms with Gasteiger partial charge in [0.1, 0.15) is 5.82 Å². The van der Waals surface area contributed by atoms with Crippen LogP contribution in [0.5, 0.6) is 0 Å². The van der Waals surface area contributed by atoms with E-state index in [1.54, 1.807) is 0 Å². The van der Waals surface area contributed by atoms with Gasteiger partial charge in [0.2, 0.25) is 5.96 Å². The molecule has 0 unspecified atom stereocenters.